The van der Waals surface area contributed by atoms with Crippen molar-refractivity contribution in [1.29, 1.82) is 0 Å². The first-order chi connectivity index (χ1) is 19.8. The van der Waals surface area contributed by atoms with Crippen molar-refractivity contribution in [2.75, 3.05) is 26.8 Å². The third kappa shape index (κ3) is 6.37. The van der Waals surface area contributed by atoms with Gasteiger partial charge >= 0.3 is 0 Å². The summed E-state index contributed by atoms with van der Waals surface area (Å²) in [7, 11) is 1.73. The molecule has 1 aliphatic carbocycles. The minimum absolute atomic E-state index is 0.0430. The van der Waals surface area contributed by atoms with Crippen LogP contribution < -0.4 is 15.4 Å². The summed E-state index contributed by atoms with van der Waals surface area (Å²) in [5, 5.41) is 15.5. The molecule has 1 spiro atoms. The second-order valence-electron chi connectivity index (χ2n) is 11.3. The van der Waals surface area contributed by atoms with E-state index in [1.807, 2.05) is 30.3 Å². The Kier molecular flexibility index (Phi) is 8.58. The van der Waals surface area contributed by atoms with Gasteiger partial charge in [-0.3, -0.25) is 19.2 Å². The second kappa shape index (κ2) is 12.3. The molecule has 10 nitrogen and oxygen atoms in total. The van der Waals surface area contributed by atoms with E-state index in [-0.39, 0.29) is 61.4 Å². The van der Waals surface area contributed by atoms with Crippen LogP contribution in [0.1, 0.15) is 54.4 Å². The number of nitrogens with zero attached hydrogens (tertiary/aromatic N) is 2. The van der Waals surface area contributed by atoms with Gasteiger partial charge in [-0.25, -0.2) is 0 Å². The number of benzene rings is 2. The summed E-state index contributed by atoms with van der Waals surface area (Å²) >= 11 is 0. The molecule has 2 heterocycles. The molecular formula is C31H38N4O6. The Morgan fingerprint density at radius 2 is 1.76 bits per heavy atom. The lowest BCUT2D eigenvalue weighted by Crippen LogP contribution is -2.54. The van der Waals surface area contributed by atoms with E-state index in [9.17, 15) is 24.3 Å². The van der Waals surface area contributed by atoms with Gasteiger partial charge < -0.3 is 30.3 Å². The topological polar surface area (TPSA) is 128 Å². The summed E-state index contributed by atoms with van der Waals surface area (Å²) in [5.41, 5.74) is 0.317. The predicted octanol–water partition coefficient (Wildman–Crippen LogP) is 1.66. The van der Waals surface area contributed by atoms with Crippen molar-refractivity contribution in [3.8, 4) is 5.75 Å². The van der Waals surface area contributed by atoms with E-state index in [1.54, 1.807) is 41.1 Å². The number of aliphatic hydroxyl groups is 1. The van der Waals surface area contributed by atoms with E-state index < -0.39 is 17.5 Å². The van der Waals surface area contributed by atoms with Gasteiger partial charge in [0.15, 0.2) is 0 Å². The van der Waals surface area contributed by atoms with Gasteiger partial charge in [0.2, 0.25) is 17.7 Å². The van der Waals surface area contributed by atoms with E-state index in [4.69, 9.17) is 4.74 Å². The Balaban J connectivity index is 1.45. The van der Waals surface area contributed by atoms with Crippen LogP contribution in [0.2, 0.25) is 0 Å². The smallest absolute Gasteiger partial charge is 0.255 e. The maximum Gasteiger partial charge on any atom is 0.255 e. The Labute approximate surface area is 240 Å². The average Bonchev–Trinajstić information content (AvgIpc) is 3.60. The number of carbonyl (C=O) groups is 4. The highest BCUT2D eigenvalue weighted by Crippen LogP contribution is 2.38. The van der Waals surface area contributed by atoms with Crippen molar-refractivity contribution in [2.24, 2.45) is 0 Å². The molecule has 41 heavy (non-hydrogen) atoms. The predicted molar refractivity (Wildman–Crippen MR) is 151 cm³/mol. The zero-order valence-electron chi connectivity index (χ0n) is 23.4. The number of ether oxygens (including phenoxy) is 1. The maximum absolute atomic E-state index is 13.7. The molecule has 5 rings (SSSR count). The van der Waals surface area contributed by atoms with Crippen molar-refractivity contribution in [1.82, 2.24) is 20.4 Å². The number of amides is 4. The fourth-order valence-corrected chi connectivity index (χ4v) is 5.79. The number of aliphatic hydroxyl groups excluding tert-OH is 1. The van der Waals surface area contributed by atoms with Gasteiger partial charge in [0.25, 0.3) is 5.91 Å². The SMILES string of the molecule is CN1C(=O)C2(CC2)NC(=O)CC[C@@H](C(=O)N2CCC[C@H]2CO)NC(=O)c2ccccc2OC[C@@H]1Cc1ccccc1. The molecule has 1 saturated heterocycles. The van der Waals surface area contributed by atoms with Crippen molar-refractivity contribution in [3.05, 3.63) is 65.7 Å². The van der Waals surface area contributed by atoms with Gasteiger partial charge in [-0.05, 0) is 56.2 Å². The summed E-state index contributed by atoms with van der Waals surface area (Å²) in [6, 6.07) is 14.9. The van der Waals surface area contributed by atoms with E-state index in [1.165, 1.54) is 0 Å². The maximum atomic E-state index is 13.7. The molecule has 1 saturated carbocycles. The Bertz CT molecular complexity index is 1280. The molecule has 2 aromatic rings. The summed E-state index contributed by atoms with van der Waals surface area (Å²) in [6.07, 6.45) is 3.06. The van der Waals surface area contributed by atoms with Crippen LogP contribution in [-0.4, -0.2) is 89.0 Å². The number of carbonyl (C=O) groups excluding carboxylic acids is 4. The zero-order valence-corrected chi connectivity index (χ0v) is 23.4. The van der Waals surface area contributed by atoms with Crippen LogP contribution in [-0.2, 0) is 20.8 Å². The van der Waals surface area contributed by atoms with Gasteiger partial charge in [-0.2, -0.15) is 0 Å². The number of para-hydroxylation sites is 1. The van der Waals surface area contributed by atoms with Crippen LogP contribution in [0.25, 0.3) is 0 Å². The highest BCUT2D eigenvalue weighted by atomic mass is 16.5. The lowest BCUT2D eigenvalue weighted by atomic mass is 10.0. The Morgan fingerprint density at radius 3 is 2.49 bits per heavy atom. The van der Waals surface area contributed by atoms with Gasteiger partial charge in [-0.1, -0.05) is 42.5 Å². The van der Waals surface area contributed by atoms with Crippen molar-refractivity contribution < 1.29 is 29.0 Å². The second-order valence-corrected chi connectivity index (χ2v) is 11.3. The summed E-state index contributed by atoms with van der Waals surface area (Å²) in [4.78, 5) is 57.2. The van der Waals surface area contributed by atoms with Crippen molar-refractivity contribution in [2.45, 2.75) is 68.6 Å². The molecule has 2 aromatic carbocycles. The molecule has 2 fully saturated rings. The van der Waals surface area contributed by atoms with Crippen LogP contribution >= 0.6 is 0 Å². The van der Waals surface area contributed by atoms with E-state index in [0.717, 1.165) is 12.0 Å². The number of rotatable bonds is 4. The van der Waals surface area contributed by atoms with Crippen LogP contribution in [0.5, 0.6) is 5.75 Å². The Hall–Kier alpha value is -3.92. The first kappa shape index (κ1) is 28.6. The third-order valence-electron chi connectivity index (χ3n) is 8.42. The number of likely N-dealkylation sites (N-methyl/N-ethyl adjacent to an activating group) is 1. The summed E-state index contributed by atoms with van der Waals surface area (Å²) in [5.74, 6) is -0.998. The third-order valence-corrected chi connectivity index (χ3v) is 8.42. The Morgan fingerprint density at radius 1 is 1.02 bits per heavy atom. The molecule has 10 heteroatoms. The number of hydrogen-bond acceptors (Lipinski definition) is 6. The van der Waals surface area contributed by atoms with Gasteiger partial charge in [0.1, 0.15) is 23.9 Å². The monoisotopic (exact) mass is 562 g/mol. The number of likely N-dealkylation sites (tertiary alicyclic amines) is 1. The molecule has 0 unspecified atom stereocenters. The van der Waals surface area contributed by atoms with Crippen LogP contribution in [0, 0.1) is 0 Å². The van der Waals surface area contributed by atoms with E-state index >= 15 is 0 Å². The fraction of sp³-hybridized carbons (Fsp3) is 0.484. The largest absolute Gasteiger partial charge is 0.491 e. The minimum Gasteiger partial charge on any atom is -0.491 e. The molecule has 4 amide bonds. The first-order valence-electron chi connectivity index (χ1n) is 14.4. The molecule has 3 atom stereocenters. The first-order valence-corrected chi connectivity index (χ1v) is 14.4. The van der Waals surface area contributed by atoms with Gasteiger partial charge in [0, 0.05) is 20.0 Å². The molecule has 3 aliphatic rings. The number of nitrogens with one attached hydrogen (secondary N) is 2. The molecule has 3 N–H and O–H groups in total. The highest BCUT2D eigenvalue weighted by Gasteiger charge is 2.53. The lowest BCUT2D eigenvalue weighted by molar-refractivity contribution is -0.139. The quantitative estimate of drug-likeness (QED) is 0.520. The average molecular weight is 563 g/mol. The lowest BCUT2D eigenvalue weighted by Gasteiger charge is -2.32. The van der Waals surface area contributed by atoms with Crippen molar-refractivity contribution >= 4 is 23.6 Å². The molecule has 0 radical (unpaired) electrons. The molecule has 0 bridgehead atoms. The molecular weight excluding hydrogens is 524 g/mol. The molecule has 0 aromatic heterocycles. The summed E-state index contributed by atoms with van der Waals surface area (Å²) in [6.45, 7) is 0.445. The van der Waals surface area contributed by atoms with Gasteiger partial charge in [-0.15, -0.1) is 0 Å². The van der Waals surface area contributed by atoms with Crippen LogP contribution in [0.4, 0.5) is 0 Å². The number of hydrogen-bond donors (Lipinski definition) is 3. The van der Waals surface area contributed by atoms with Crippen molar-refractivity contribution in [3.63, 3.8) is 0 Å². The van der Waals surface area contributed by atoms with Crippen LogP contribution in [0.3, 0.4) is 0 Å². The molecule has 2 aliphatic heterocycles. The summed E-state index contributed by atoms with van der Waals surface area (Å²) < 4.78 is 6.21. The molecule has 218 valence electrons. The van der Waals surface area contributed by atoms with Gasteiger partial charge in [0.05, 0.1) is 24.3 Å². The standard InChI is InChI=1S/C31H38N4O6/c1-34-23(18-21-8-3-2-4-9-21)20-41-26-12-6-5-11-24(26)28(38)32-25(29(39)35-17-7-10-22(35)19-36)13-14-27(37)33-31(15-16-31)30(34)40/h2-6,8-9,11-12,22-23,25,36H,7,10,13-20H2,1H3,(H,32,38)(H,33,37)/t22-,23-,25-/m0/s1. The van der Waals surface area contributed by atoms with E-state index in [2.05, 4.69) is 10.6 Å². The van der Waals surface area contributed by atoms with Crippen LogP contribution in [0.15, 0.2) is 54.6 Å². The highest BCUT2D eigenvalue weighted by molar-refractivity contribution is 6.00. The number of fused-ring (bicyclic) bond motifs is 1. The fourth-order valence-electron chi connectivity index (χ4n) is 5.79. The minimum atomic E-state index is -0.974. The van der Waals surface area contributed by atoms with E-state index in [0.29, 0.717) is 38.0 Å². The normalized spacial score (nSPS) is 24.9. The zero-order chi connectivity index (χ0) is 29.0.